The minimum Gasteiger partial charge on any atom is -0.210 e. The van der Waals surface area contributed by atoms with Crippen molar-refractivity contribution < 1.29 is 19.2 Å². The number of fused-ring (bicyclic) bond motifs is 2. The summed E-state index contributed by atoms with van der Waals surface area (Å²) in [6.45, 7) is 4.54. The second-order valence-electron chi connectivity index (χ2n) is 6.57. The second-order valence-corrected chi connectivity index (χ2v) is 13.3. The van der Waals surface area contributed by atoms with E-state index in [4.69, 9.17) is 0 Å². The fourth-order valence-electron chi connectivity index (χ4n) is 3.23. The van der Waals surface area contributed by atoms with Gasteiger partial charge in [-0.3, -0.25) is 0 Å². The summed E-state index contributed by atoms with van der Waals surface area (Å²) in [5.74, 6) is 0. The van der Waals surface area contributed by atoms with Crippen LogP contribution in [0, 0.1) is 0 Å². The Morgan fingerprint density at radius 3 is 1.42 bits per heavy atom. The van der Waals surface area contributed by atoms with E-state index in [0.717, 1.165) is 0 Å². The first-order valence-electron chi connectivity index (χ1n) is 8.65. The summed E-state index contributed by atoms with van der Waals surface area (Å²) < 4.78 is 0. The zero-order valence-corrected chi connectivity index (χ0v) is 19.1. The van der Waals surface area contributed by atoms with E-state index in [-0.39, 0.29) is 31.0 Å². The van der Waals surface area contributed by atoms with Crippen LogP contribution in [0.3, 0.4) is 0 Å². The van der Waals surface area contributed by atoms with Gasteiger partial charge in [-0.1, -0.05) is 51.4 Å². The Labute approximate surface area is 172 Å². The van der Waals surface area contributed by atoms with Gasteiger partial charge in [-0.2, -0.15) is 46.5 Å². The summed E-state index contributed by atoms with van der Waals surface area (Å²) in [4.78, 5) is 0. The van der Waals surface area contributed by atoms with Crippen LogP contribution >= 0.6 is 24.8 Å². The maximum Gasteiger partial charge on any atom is -0.0512 e. The van der Waals surface area contributed by atoms with Crippen LogP contribution in [-0.4, -0.2) is 6.19 Å². The van der Waals surface area contributed by atoms with E-state index in [2.05, 4.69) is 68.7 Å². The number of hydrogen-bond donors (Lipinski definition) is 0. The number of rotatable bonds is 0. The first-order valence-corrected chi connectivity index (χ1v) is 13.5. The fraction of sp³-hybridized carbons (Fsp3) is 0.500. The minimum absolute atomic E-state index is 0. The van der Waals surface area contributed by atoms with Crippen LogP contribution in [0.1, 0.15) is 47.9 Å². The molecular formula is C20H30Cl2SiTi. The van der Waals surface area contributed by atoms with Crippen LogP contribution in [0.4, 0.5) is 0 Å². The molecule has 132 valence electrons. The molecule has 0 spiro atoms. The summed E-state index contributed by atoms with van der Waals surface area (Å²) >= 11 is 2.27. The van der Waals surface area contributed by atoms with E-state index in [0.29, 0.717) is 0 Å². The maximum atomic E-state index is 2.27. The molecule has 0 heterocycles. The van der Waals surface area contributed by atoms with Gasteiger partial charge < -0.3 is 0 Å². The second kappa shape index (κ2) is 13.4. The smallest absolute Gasteiger partial charge is 0.0512 e. The molecule has 0 unspecified atom stereocenters. The van der Waals surface area contributed by atoms with Crippen molar-refractivity contribution in [1.82, 2.24) is 0 Å². The molecule has 4 heteroatoms. The van der Waals surface area contributed by atoms with Gasteiger partial charge in [0.25, 0.3) is 0 Å². The molecule has 0 aliphatic heterocycles. The largest absolute Gasteiger partial charge is 0.210 e. The Hall–Kier alpha value is 0.211. The van der Waals surface area contributed by atoms with Crippen molar-refractivity contribution in [2.24, 2.45) is 0 Å². The number of halogens is 2. The van der Waals surface area contributed by atoms with Crippen LogP contribution in [0.25, 0.3) is 0 Å². The third-order valence-corrected chi connectivity index (χ3v) is 4.30. The van der Waals surface area contributed by atoms with Gasteiger partial charge in [-0.15, -0.1) is 24.8 Å². The molecule has 0 amide bonds. The molecule has 0 bridgehead atoms. The molecule has 0 N–H and O–H groups in total. The quantitative estimate of drug-likeness (QED) is 0.354. The Morgan fingerprint density at radius 1 is 0.750 bits per heavy atom. The molecule has 2 aromatic carbocycles. The Kier molecular flexibility index (Phi) is 13.5. The van der Waals surface area contributed by atoms with Gasteiger partial charge in [0.2, 0.25) is 0 Å². The first-order chi connectivity index (χ1) is 10.7. The summed E-state index contributed by atoms with van der Waals surface area (Å²) in [7, 11) is 0. The van der Waals surface area contributed by atoms with E-state index in [1.807, 2.05) is 0 Å². The average molecular weight is 417 g/mol. The van der Waals surface area contributed by atoms with Crippen molar-refractivity contribution in [3.63, 3.8) is 0 Å². The standard InChI is InChI=1S/2C9H11.C2H6Si.2ClH.Ti/c2*1-2-5-9-7-3-6-8(9)4-1;1-3-2;;;/h2*3,6-7H,1-2,4-5H2;1-2H3;2*1H;/q2*-1;;;;+2. The summed E-state index contributed by atoms with van der Waals surface area (Å²) in [6.07, 6.45) is 11.0. The molecule has 24 heavy (non-hydrogen) atoms. The molecule has 0 nitrogen and oxygen atoms in total. The van der Waals surface area contributed by atoms with Gasteiger partial charge >= 0.3 is 38.5 Å². The van der Waals surface area contributed by atoms with Crippen molar-refractivity contribution in [2.75, 3.05) is 0 Å². The van der Waals surface area contributed by atoms with Gasteiger partial charge in [0.05, 0.1) is 0 Å². The predicted molar refractivity (Wildman–Crippen MR) is 109 cm³/mol. The molecule has 4 rings (SSSR count). The fourth-order valence-corrected chi connectivity index (χ4v) is 3.23. The van der Waals surface area contributed by atoms with E-state index >= 15 is 0 Å². The Balaban J connectivity index is 0.000000341. The van der Waals surface area contributed by atoms with Crippen molar-refractivity contribution in [1.29, 1.82) is 0 Å². The molecule has 0 radical (unpaired) electrons. The van der Waals surface area contributed by atoms with Crippen molar-refractivity contribution in [2.45, 2.75) is 64.5 Å². The van der Waals surface area contributed by atoms with Crippen LogP contribution in [-0.2, 0) is 44.9 Å². The third-order valence-electron chi connectivity index (χ3n) is 4.30. The van der Waals surface area contributed by atoms with Crippen LogP contribution in [0.2, 0.25) is 13.1 Å². The van der Waals surface area contributed by atoms with Crippen molar-refractivity contribution in [3.05, 3.63) is 58.7 Å². The zero-order valence-electron chi connectivity index (χ0n) is 14.9. The Bertz CT molecular complexity index is 495. The van der Waals surface area contributed by atoms with Gasteiger partial charge in [-0.05, 0) is 0 Å². The molecule has 0 fully saturated rings. The first kappa shape index (κ1) is 24.2. The van der Waals surface area contributed by atoms with Gasteiger partial charge in [0, 0.05) is 0 Å². The minimum atomic E-state index is 0. The summed E-state index contributed by atoms with van der Waals surface area (Å²) in [5.41, 5.74) is 6.39. The summed E-state index contributed by atoms with van der Waals surface area (Å²) in [6, 6.07) is 13.4. The van der Waals surface area contributed by atoms with Gasteiger partial charge in [0.15, 0.2) is 0 Å². The van der Waals surface area contributed by atoms with E-state index in [1.165, 1.54) is 51.4 Å². The molecule has 2 aliphatic carbocycles. The predicted octanol–water partition coefficient (Wildman–Crippen LogP) is 6.20. The van der Waals surface area contributed by atoms with E-state index in [1.54, 1.807) is 22.3 Å². The number of hydrogen-bond acceptors (Lipinski definition) is 0. The topological polar surface area (TPSA) is 0 Å². The summed E-state index contributed by atoms with van der Waals surface area (Å²) in [5, 5.41) is 0. The monoisotopic (exact) mass is 416 g/mol. The maximum absolute atomic E-state index is 2.27. The molecule has 2 aromatic rings. The molecule has 0 aromatic heterocycles. The molecular weight excluding hydrogens is 387 g/mol. The third kappa shape index (κ3) is 8.54. The van der Waals surface area contributed by atoms with Crippen molar-refractivity contribution in [3.8, 4) is 0 Å². The van der Waals surface area contributed by atoms with Crippen LogP contribution < -0.4 is 0 Å². The Morgan fingerprint density at radius 2 is 1.08 bits per heavy atom. The van der Waals surface area contributed by atoms with Crippen molar-refractivity contribution >= 4 is 31.0 Å². The molecule has 0 atom stereocenters. The molecule has 2 aliphatic rings. The van der Waals surface area contributed by atoms with Gasteiger partial charge in [0.1, 0.15) is 0 Å². The zero-order chi connectivity index (χ0) is 15.8. The SMILES string of the molecule is C[Si](C)=[Ti+2].Cl.Cl.c1cc2c([cH-]1)CCCC2.c1cc2c([cH-]1)CCCC2. The normalized spacial score (nSPS) is 14.2. The van der Waals surface area contributed by atoms with E-state index in [9.17, 15) is 0 Å². The molecule has 0 saturated carbocycles. The molecule has 0 saturated heterocycles. The van der Waals surface area contributed by atoms with Crippen LogP contribution in [0.5, 0.6) is 0 Å². The van der Waals surface area contributed by atoms with Crippen LogP contribution in [0.15, 0.2) is 36.4 Å². The number of aryl methyl sites for hydroxylation is 4. The average Bonchev–Trinajstić information content (AvgIpc) is 3.16. The van der Waals surface area contributed by atoms with E-state index < -0.39 is 0 Å². The van der Waals surface area contributed by atoms with Gasteiger partial charge in [-0.25, -0.2) is 12.1 Å².